The molecule has 23 heavy (non-hydrogen) atoms. The smallest absolute Gasteiger partial charge is 0.240 e. The zero-order valence-corrected chi connectivity index (χ0v) is 13.5. The first kappa shape index (κ1) is 16.9. The first-order valence-corrected chi connectivity index (χ1v) is 8.14. The topological polar surface area (TPSA) is 54.4 Å². The lowest BCUT2D eigenvalue weighted by Crippen LogP contribution is -2.20. The molecule has 0 saturated heterocycles. The Bertz CT molecular complexity index is 582. The molecule has 2 aromatic rings. The number of unbranched alkanes of at least 4 members (excludes halogenated alkanes) is 3. The summed E-state index contributed by atoms with van der Waals surface area (Å²) in [4.78, 5) is 16.3. The highest BCUT2D eigenvalue weighted by molar-refractivity contribution is 6.11. The van der Waals surface area contributed by atoms with Crippen LogP contribution in [-0.4, -0.2) is 16.6 Å². The summed E-state index contributed by atoms with van der Waals surface area (Å²) in [6, 6.07) is 15.4. The third-order valence-electron chi connectivity index (χ3n) is 3.50. The van der Waals surface area contributed by atoms with Crippen LogP contribution in [0.2, 0.25) is 0 Å². The molecule has 120 valence electrons. The Balaban J connectivity index is 2.07. The van der Waals surface area contributed by atoms with Crippen molar-refractivity contribution in [2.24, 2.45) is 5.10 Å². The van der Waals surface area contributed by atoms with E-state index in [9.17, 15) is 4.79 Å². The summed E-state index contributed by atoms with van der Waals surface area (Å²) < 4.78 is 0. The minimum atomic E-state index is -0.0505. The van der Waals surface area contributed by atoms with Gasteiger partial charge in [-0.05, 0) is 18.6 Å². The fourth-order valence-electron chi connectivity index (χ4n) is 2.26. The van der Waals surface area contributed by atoms with E-state index < -0.39 is 0 Å². The molecule has 0 atom stereocenters. The van der Waals surface area contributed by atoms with Gasteiger partial charge in [-0.3, -0.25) is 9.78 Å². The van der Waals surface area contributed by atoms with Crippen molar-refractivity contribution in [2.75, 3.05) is 0 Å². The van der Waals surface area contributed by atoms with E-state index in [1.54, 1.807) is 6.20 Å². The number of benzene rings is 1. The molecular weight excluding hydrogens is 286 g/mol. The molecule has 0 fully saturated rings. The molecule has 1 amide bonds. The number of rotatable bonds is 8. The Morgan fingerprint density at radius 2 is 1.83 bits per heavy atom. The van der Waals surface area contributed by atoms with Crippen LogP contribution >= 0.6 is 0 Å². The van der Waals surface area contributed by atoms with Gasteiger partial charge >= 0.3 is 0 Å². The fourth-order valence-corrected chi connectivity index (χ4v) is 2.26. The van der Waals surface area contributed by atoms with Gasteiger partial charge in [0.05, 0.1) is 5.69 Å². The Morgan fingerprint density at radius 1 is 1.04 bits per heavy atom. The maximum absolute atomic E-state index is 11.9. The minimum Gasteiger partial charge on any atom is -0.273 e. The number of pyridine rings is 1. The number of amides is 1. The number of carbonyl (C=O) groups excluding carboxylic acids is 1. The van der Waals surface area contributed by atoms with Crippen LogP contribution in [0.4, 0.5) is 0 Å². The molecule has 0 aliphatic heterocycles. The highest BCUT2D eigenvalue weighted by Gasteiger charge is 2.09. The summed E-state index contributed by atoms with van der Waals surface area (Å²) >= 11 is 0. The number of nitrogens with zero attached hydrogens (tertiary/aromatic N) is 2. The molecule has 4 heteroatoms. The van der Waals surface area contributed by atoms with E-state index in [1.807, 2.05) is 48.5 Å². The summed E-state index contributed by atoms with van der Waals surface area (Å²) in [5, 5.41) is 4.32. The Hall–Kier alpha value is -2.49. The predicted octanol–water partition coefficient (Wildman–Crippen LogP) is 3.92. The lowest BCUT2D eigenvalue weighted by molar-refractivity contribution is -0.121. The van der Waals surface area contributed by atoms with E-state index in [4.69, 9.17) is 0 Å². The van der Waals surface area contributed by atoms with Gasteiger partial charge in [0.25, 0.3) is 0 Å². The van der Waals surface area contributed by atoms with Crippen LogP contribution in [0.25, 0.3) is 0 Å². The zero-order chi connectivity index (χ0) is 16.3. The summed E-state index contributed by atoms with van der Waals surface area (Å²) in [5.41, 5.74) is 5.01. The number of hydrogen-bond donors (Lipinski definition) is 1. The second-order valence-corrected chi connectivity index (χ2v) is 5.39. The third kappa shape index (κ3) is 5.66. The van der Waals surface area contributed by atoms with E-state index in [0.29, 0.717) is 12.1 Å². The highest BCUT2D eigenvalue weighted by atomic mass is 16.2. The van der Waals surface area contributed by atoms with Crippen molar-refractivity contribution < 1.29 is 4.79 Å². The van der Waals surface area contributed by atoms with Crippen LogP contribution < -0.4 is 5.43 Å². The van der Waals surface area contributed by atoms with E-state index in [1.165, 1.54) is 6.42 Å². The largest absolute Gasteiger partial charge is 0.273 e. The number of carbonyl (C=O) groups is 1. The Kier molecular flexibility index (Phi) is 6.98. The number of aromatic nitrogens is 1. The molecule has 0 radical (unpaired) electrons. The molecule has 0 unspecified atom stereocenters. The van der Waals surface area contributed by atoms with Crippen LogP contribution in [0.1, 0.15) is 50.3 Å². The van der Waals surface area contributed by atoms with E-state index in [0.717, 1.165) is 30.5 Å². The molecular formula is C19H23N3O. The second kappa shape index (κ2) is 9.51. The highest BCUT2D eigenvalue weighted by Crippen LogP contribution is 2.08. The van der Waals surface area contributed by atoms with Gasteiger partial charge in [0, 0.05) is 18.2 Å². The summed E-state index contributed by atoms with van der Waals surface area (Å²) in [6.07, 6.45) is 6.55. The van der Waals surface area contributed by atoms with Gasteiger partial charge < -0.3 is 0 Å². The van der Waals surface area contributed by atoms with Crippen LogP contribution in [0.15, 0.2) is 59.8 Å². The van der Waals surface area contributed by atoms with Gasteiger partial charge in [0.15, 0.2) is 0 Å². The average Bonchev–Trinajstić information content (AvgIpc) is 2.61. The average molecular weight is 309 g/mol. The SMILES string of the molecule is CCCCCCC(=O)N/N=C(\c1ccccc1)c1ccccn1. The first-order valence-electron chi connectivity index (χ1n) is 8.14. The van der Waals surface area contributed by atoms with Crippen molar-refractivity contribution >= 4 is 11.6 Å². The van der Waals surface area contributed by atoms with Gasteiger partial charge in [-0.1, -0.05) is 62.6 Å². The molecule has 1 N–H and O–H groups in total. The first-order chi connectivity index (χ1) is 11.3. The second-order valence-electron chi connectivity index (χ2n) is 5.39. The van der Waals surface area contributed by atoms with Gasteiger partial charge in [-0.2, -0.15) is 5.10 Å². The molecule has 4 nitrogen and oxygen atoms in total. The zero-order valence-electron chi connectivity index (χ0n) is 13.5. The molecule has 1 heterocycles. The van der Waals surface area contributed by atoms with Crippen molar-refractivity contribution in [3.8, 4) is 0 Å². The lowest BCUT2D eigenvalue weighted by Gasteiger charge is -2.07. The maximum atomic E-state index is 11.9. The van der Waals surface area contributed by atoms with Gasteiger partial charge in [-0.15, -0.1) is 0 Å². The van der Waals surface area contributed by atoms with Crippen molar-refractivity contribution in [3.63, 3.8) is 0 Å². The van der Waals surface area contributed by atoms with Crippen molar-refractivity contribution in [1.29, 1.82) is 0 Å². The van der Waals surface area contributed by atoms with Gasteiger partial charge in [0.2, 0.25) is 5.91 Å². The molecule has 0 aliphatic carbocycles. The number of hydrazone groups is 1. The Morgan fingerprint density at radius 3 is 2.52 bits per heavy atom. The predicted molar refractivity (Wildman–Crippen MR) is 93.2 cm³/mol. The molecule has 0 bridgehead atoms. The maximum Gasteiger partial charge on any atom is 0.240 e. The minimum absolute atomic E-state index is 0.0505. The lowest BCUT2D eigenvalue weighted by atomic mass is 10.1. The molecule has 2 rings (SSSR count). The number of nitrogens with one attached hydrogen (secondary N) is 1. The normalized spacial score (nSPS) is 11.3. The van der Waals surface area contributed by atoms with Gasteiger partial charge in [0.1, 0.15) is 5.71 Å². The molecule has 0 saturated carbocycles. The van der Waals surface area contributed by atoms with Gasteiger partial charge in [-0.25, -0.2) is 5.43 Å². The van der Waals surface area contributed by atoms with Crippen LogP contribution in [0.5, 0.6) is 0 Å². The van der Waals surface area contributed by atoms with Crippen molar-refractivity contribution in [2.45, 2.75) is 39.0 Å². The quantitative estimate of drug-likeness (QED) is 0.456. The van der Waals surface area contributed by atoms with Crippen LogP contribution in [-0.2, 0) is 4.79 Å². The van der Waals surface area contributed by atoms with Crippen LogP contribution in [0.3, 0.4) is 0 Å². The van der Waals surface area contributed by atoms with Crippen molar-refractivity contribution in [3.05, 3.63) is 66.0 Å². The van der Waals surface area contributed by atoms with E-state index >= 15 is 0 Å². The van der Waals surface area contributed by atoms with E-state index in [-0.39, 0.29) is 5.91 Å². The summed E-state index contributed by atoms with van der Waals surface area (Å²) in [6.45, 7) is 2.16. The van der Waals surface area contributed by atoms with E-state index in [2.05, 4.69) is 22.4 Å². The molecule has 1 aromatic carbocycles. The number of hydrogen-bond acceptors (Lipinski definition) is 3. The molecule has 0 spiro atoms. The summed E-state index contributed by atoms with van der Waals surface area (Å²) in [7, 11) is 0. The third-order valence-corrected chi connectivity index (χ3v) is 3.50. The monoisotopic (exact) mass is 309 g/mol. The Labute approximate surface area is 137 Å². The fraction of sp³-hybridized carbons (Fsp3) is 0.316. The van der Waals surface area contributed by atoms with Crippen LogP contribution in [0, 0.1) is 0 Å². The standard InChI is InChI=1S/C19H23N3O/c1-2-3-4-8-14-18(23)21-22-19(16-11-6-5-7-12-16)17-13-9-10-15-20-17/h5-7,9-13,15H,2-4,8,14H2,1H3,(H,21,23)/b22-19+. The summed E-state index contributed by atoms with van der Waals surface area (Å²) in [5.74, 6) is -0.0505. The van der Waals surface area contributed by atoms with Crippen molar-refractivity contribution in [1.82, 2.24) is 10.4 Å². The molecule has 0 aliphatic rings. The molecule has 1 aromatic heterocycles.